The third-order valence-electron chi connectivity index (χ3n) is 1.65. The van der Waals surface area contributed by atoms with Crippen molar-refractivity contribution in [3.63, 3.8) is 0 Å². The molecule has 0 saturated heterocycles. The Kier molecular flexibility index (Phi) is 1.55. The van der Waals surface area contributed by atoms with E-state index in [1.165, 1.54) is 12.1 Å². The topological polar surface area (TPSA) is 48.6 Å². The van der Waals surface area contributed by atoms with Crippen LogP contribution < -0.4 is 0 Å². The molecule has 2 rings (SSSR count). The van der Waals surface area contributed by atoms with Gasteiger partial charge in [-0.1, -0.05) is 0 Å². The average Bonchev–Trinajstić information content (AvgIpc) is 2.58. The van der Waals surface area contributed by atoms with Crippen molar-refractivity contribution in [1.82, 2.24) is 10.2 Å². The quantitative estimate of drug-likeness (QED) is 0.681. The molecular formula is C9H7N2O. The Bertz CT molecular complexity index is 351. The summed E-state index contributed by atoms with van der Waals surface area (Å²) in [5.41, 5.74) is 1.81. The Morgan fingerprint density at radius 1 is 1.08 bits per heavy atom. The smallest absolute Gasteiger partial charge is 0.178 e. The number of nitrogens with zero attached hydrogens (tertiary/aromatic N) is 1. The molecule has 12 heavy (non-hydrogen) atoms. The number of aromatic nitrogens is 2. The first kappa shape index (κ1) is 6.91. The summed E-state index contributed by atoms with van der Waals surface area (Å²) in [6.07, 6.45) is 1.75. The molecule has 0 atom stereocenters. The fourth-order valence-corrected chi connectivity index (χ4v) is 1.05. The van der Waals surface area contributed by atoms with Crippen LogP contribution in [0.3, 0.4) is 0 Å². The van der Waals surface area contributed by atoms with Crippen LogP contribution >= 0.6 is 0 Å². The molecule has 0 aliphatic rings. The van der Waals surface area contributed by atoms with Crippen LogP contribution in [0.2, 0.25) is 0 Å². The summed E-state index contributed by atoms with van der Waals surface area (Å²) in [5.74, 6) is 0.0225. The molecule has 59 valence electrons. The number of nitrogens with one attached hydrogen (secondary N) is 1. The predicted octanol–water partition coefficient (Wildman–Crippen LogP) is 2.22. The molecule has 0 saturated carbocycles. The van der Waals surface area contributed by atoms with Crippen molar-refractivity contribution in [3.05, 3.63) is 36.5 Å². The number of rotatable bonds is 1. The van der Waals surface area contributed by atoms with Crippen molar-refractivity contribution in [2.45, 2.75) is 0 Å². The molecule has 2 aromatic rings. The molecule has 3 nitrogen and oxygen atoms in total. The van der Waals surface area contributed by atoms with Crippen LogP contribution in [0.25, 0.3) is 11.3 Å². The maximum Gasteiger partial charge on any atom is 0.178 e. The van der Waals surface area contributed by atoms with E-state index in [1.54, 1.807) is 18.3 Å². The first-order valence-corrected chi connectivity index (χ1v) is 3.63. The van der Waals surface area contributed by atoms with Crippen LogP contribution in [0.5, 0.6) is 5.75 Å². The van der Waals surface area contributed by atoms with Crippen LogP contribution in [-0.4, -0.2) is 10.2 Å². The van der Waals surface area contributed by atoms with Crippen LogP contribution in [0.4, 0.5) is 0 Å². The van der Waals surface area contributed by atoms with Gasteiger partial charge < -0.3 is 0 Å². The van der Waals surface area contributed by atoms with E-state index < -0.39 is 0 Å². The minimum Gasteiger partial charge on any atom is -0.290 e. The van der Waals surface area contributed by atoms with E-state index in [0.717, 1.165) is 11.3 Å². The van der Waals surface area contributed by atoms with Gasteiger partial charge in [-0.3, -0.25) is 10.2 Å². The van der Waals surface area contributed by atoms with E-state index in [1.807, 2.05) is 6.07 Å². The molecule has 1 heterocycles. The van der Waals surface area contributed by atoms with Gasteiger partial charge in [0.1, 0.15) is 0 Å². The summed E-state index contributed by atoms with van der Waals surface area (Å²) >= 11 is 0. The van der Waals surface area contributed by atoms with E-state index in [9.17, 15) is 5.11 Å². The molecule has 0 fully saturated rings. The van der Waals surface area contributed by atoms with Crippen molar-refractivity contribution in [1.29, 1.82) is 0 Å². The second kappa shape index (κ2) is 2.70. The van der Waals surface area contributed by atoms with Crippen molar-refractivity contribution >= 4 is 0 Å². The van der Waals surface area contributed by atoms with Crippen molar-refractivity contribution in [3.8, 4) is 17.0 Å². The SMILES string of the molecule is [O]c1ccc(-c2cc[nH]n2)cc1. The zero-order valence-electron chi connectivity index (χ0n) is 6.32. The van der Waals surface area contributed by atoms with Gasteiger partial charge in [0, 0.05) is 11.8 Å². The number of hydrogen-bond acceptors (Lipinski definition) is 1. The minimum atomic E-state index is 0.0225. The fraction of sp³-hybridized carbons (Fsp3) is 0. The van der Waals surface area contributed by atoms with Gasteiger partial charge in [0.2, 0.25) is 0 Å². The summed E-state index contributed by atoms with van der Waals surface area (Å²) in [6.45, 7) is 0. The summed E-state index contributed by atoms with van der Waals surface area (Å²) < 4.78 is 0. The monoisotopic (exact) mass is 159 g/mol. The molecule has 1 aromatic carbocycles. The molecule has 1 radical (unpaired) electrons. The van der Waals surface area contributed by atoms with Crippen LogP contribution in [0.15, 0.2) is 36.5 Å². The highest BCUT2D eigenvalue weighted by Crippen LogP contribution is 2.19. The Morgan fingerprint density at radius 2 is 1.83 bits per heavy atom. The van der Waals surface area contributed by atoms with Gasteiger partial charge in [0.05, 0.1) is 5.69 Å². The zero-order valence-corrected chi connectivity index (χ0v) is 6.32. The molecule has 0 aliphatic heterocycles. The Balaban J connectivity index is 2.43. The molecule has 0 unspecified atom stereocenters. The van der Waals surface area contributed by atoms with E-state index in [2.05, 4.69) is 10.2 Å². The molecule has 0 amide bonds. The zero-order chi connectivity index (χ0) is 8.39. The lowest BCUT2D eigenvalue weighted by Gasteiger charge is -1.93. The predicted molar refractivity (Wildman–Crippen MR) is 44.2 cm³/mol. The molecule has 1 N–H and O–H groups in total. The van der Waals surface area contributed by atoms with Gasteiger partial charge in [0.25, 0.3) is 0 Å². The number of aromatic amines is 1. The molecule has 3 heteroatoms. The molecule has 1 aromatic heterocycles. The standard InChI is InChI=1S/C9H7N2O/c12-8-3-1-7(2-4-8)9-5-6-10-11-9/h1-6H,(H,10,11). The third kappa shape index (κ3) is 1.16. The maximum atomic E-state index is 10.8. The fourth-order valence-electron chi connectivity index (χ4n) is 1.05. The van der Waals surface area contributed by atoms with E-state index >= 15 is 0 Å². The summed E-state index contributed by atoms with van der Waals surface area (Å²) in [6, 6.07) is 8.45. The highest BCUT2D eigenvalue weighted by atomic mass is 16.3. The number of benzene rings is 1. The average molecular weight is 159 g/mol. The van der Waals surface area contributed by atoms with Crippen molar-refractivity contribution in [2.75, 3.05) is 0 Å². The van der Waals surface area contributed by atoms with Gasteiger partial charge in [-0.05, 0) is 30.3 Å². The van der Waals surface area contributed by atoms with Crippen LogP contribution in [0.1, 0.15) is 0 Å². The Labute approximate surface area is 69.7 Å². The lowest BCUT2D eigenvalue weighted by Crippen LogP contribution is -1.75. The van der Waals surface area contributed by atoms with Gasteiger partial charge in [-0.25, -0.2) is 0 Å². The third-order valence-corrected chi connectivity index (χ3v) is 1.65. The highest BCUT2D eigenvalue weighted by molar-refractivity contribution is 5.59. The second-order valence-electron chi connectivity index (χ2n) is 2.48. The van der Waals surface area contributed by atoms with Crippen molar-refractivity contribution in [2.24, 2.45) is 0 Å². The van der Waals surface area contributed by atoms with E-state index in [4.69, 9.17) is 0 Å². The van der Waals surface area contributed by atoms with Crippen molar-refractivity contribution < 1.29 is 5.11 Å². The molecule has 0 bridgehead atoms. The highest BCUT2D eigenvalue weighted by Gasteiger charge is 1.98. The van der Waals surface area contributed by atoms with Crippen LogP contribution in [-0.2, 0) is 5.11 Å². The lowest BCUT2D eigenvalue weighted by molar-refractivity contribution is 0.355. The Hall–Kier alpha value is -1.77. The van der Waals surface area contributed by atoms with E-state index in [-0.39, 0.29) is 5.75 Å². The molecule has 0 aliphatic carbocycles. The normalized spacial score (nSPS) is 10.0. The van der Waals surface area contributed by atoms with Crippen LogP contribution in [0, 0.1) is 0 Å². The minimum absolute atomic E-state index is 0.0225. The largest absolute Gasteiger partial charge is 0.290 e. The first-order chi connectivity index (χ1) is 5.86. The maximum absolute atomic E-state index is 10.8. The number of hydrogen-bond donors (Lipinski definition) is 1. The molecular weight excluding hydrogens is 152 g/mol. The molecule has 0 spiro atoms. The van der Waals surface area contributed by atoms with Gasteiger partial charge in [-0.15, -0.1) is 0 Å². The Morgan fingerprint density at radius 3 is 2.42 bits per heavy atom. The second-order valence-corrected chi connectivity index (χ2v) is 2.48. The van der Waals surface area contributed by atoms with Gasteiger partial charge >= 0.3 is 0 Å². The van der Waals surface area contributed by atoms with E-state index in [0.29, 0.717) is 0 Å². The van der Waals surface area contributed by atoms with Gasteiger partial charge in [0.15, 0.2) is 5.75 Å². The summed E-state index contributed by atoms with van der Waals surface area (Å²) in [4.78, 5) is 0. The number of H-pyrrole nitrogens is 1. The van der Waals surface area contributed by atoms with Gasteiger partial charge in [-0.2, -0.15) is 5.10 Å². The lowest BCUT2D eigenvalue weighted by atomic mass is 10.1. The first-order valence-electron chi connectivity index (χ1n) is 3.63. The summed E-state index contributed by atoms with van der Waals surface area (Å²) in [5, 5.41) is 17.5. The summed E-state index contributed by atoms with van der Waals surface area (Å²) in [7, 11) is 0.